The summed E-state index contributed by atoms with van der Waals surface area (Å²) in [6, 6.07) is 0. The first-order valence-corrected chi connectivity index (χ1v) is 4.68. The van der Waals surface area contributed by atoms with E-state index < -0.39 is 0 Å². The highest BCUT2D eigenvalue weighted by atomic mass is 16.6. The molecule has 0 aromatic heterocycles. The SMILES string of the molecule is CON=C1CCN(CCN(C)C)C1. The van der Waals surface area contributed by atoms with Crippen LogP contribution in [0.15, 0.2) is 5.16 Å². The van der Waals surface area contributed by atoms with Gasteiger partial charge in [-0.15, -0.1) is 0 Å². The third-order valence-corrected chi connectivity index (χ3v) is 2.21. The average Bonchev–Trinajstić information content (AvgIpc) is 2.50. The third-order valence-electron chi connectivity index (χ3n) is 2.21. The lowest BCUT2D eigenvalue weighted by atomic mass is 10.3. The second-order valence-corrected chi connectivity index (χ2v) is 3.67. The molecule has 0 saturated carbocycles. The van der Waals surface area contributed by atoms with E-state index in [2.05, 4.69) is 29.1 Å². The summed E-state index contributed by atoms with van der Waals surface area (Å²) < 4.78 is 0. The fraction of sp³-hybridized carbons (Fsp3) is 0.889. The number of likely N-dealkylation sites (N-methyl/N-ethyl adjacent to an activating group) is 1. The van der Waals surface area contributed by atoms with Crippen LogP contribution >= 0.6 is 0 Å². The Hall–Kier alpha value is -0.610. The smallest absolute Gasteiger partial charge is 0.106 e. The van der Waals surface area contributed by atoms with Crippen LogP contribution in [0.4, 0.5) is 0 Å². The van der Waals surface area contributed by atoms with Crippen LogP contribution in [0.5, 0.6) is 0 Å². The van der Waals surface area contributed by atoms with E-state index in [9.17, 15) is 0 Å². The van der Waals surface area contributed by atoms with Crippen LogP contribution in [-0.4, -0.2) is 62.9 Å². The average molecular weight is 185 g/mol. The molecule has 0 N–H and O–H groups in total. The Bertz CT molecular complexity index is 180. The number of hydrogen-bond acceptors (Lipinski definition) is 4. The van der Waals surface area contributed by atoms with Gasteiger partial charge in [-0.2, -0.15) is 0 Å². The van der Waals surface area contributed by atoms with E-state index >= 15 is 0 Å². The zero-order chi connectivity index (χ0) is 9.68. The summed E-state index contributed by atoms with van der Waals surface area (Å²) in [5, 5.41) is 3.96. The molecule has 0 amide bonds. The van der Waals surface area contributed by atoms with E-state index in [0.29, 0.717) is 0 Å². The molecule has 0 aliphatic carbocycles. The topological polar surface area (TPSA) is 28.1 Å². The molecule has 1 heterocycles. The van der Waals surface area contributed by atoms with Gasteiger partial charge in [0.15, 0.2) is 0 Å². The van der Waals surface area contributed by atoms with Crippen LogP contribution in [0.3, 0.4) is 0 Å². The van der Waals surface area contributed by atoms with Crippen LogP contribution in [0.25, 0.3) is 0 Å². The van der Waals surface area contributed by atoms with Gasteiger partial charge in [-0.25, -0.2) is 0 Å². The molecule has 4 heteroatoms. The van der Waals surface area contributed by atoms with E-state index in [4.69, 9.17) is 4.84 Å². The molecule has 76 valence electrons. The molecule has 1 aliphatic rings. The maximum absolute atomic E-state index is 4.75. The van der Waals surface area contributed by atoms with Gasteiger partial charge in [-0.1, -0.05) is 5.16 Å². The summed E-state index contributed by atoms with van der Waals surface area (Å²) in [4.78, 5) is 9.35. The van der Waals surface area contributed by atoms with Crippen molar-refractivity contribution in [3.63, 3.8) is 0 Å². The van der Waals surface area contributed by atoms with Crippen molar-refractivity contribution < 1.29 is 4.84 Å². The Morgan fingerprint density at radius 2 is 2.31 bits per heavy atom. The van der Waals surface area contributed by atoms with Crippen molar-refractivity contribution in [3.05, 3.63) is 0 Å². The molecule has 1 aliphatic heterocycles. The van der Waals surface area contributed by atoms with Gasteiger partial charge in [-0.05, 0) is 14.1 Å². The lowest BCUT2D eigenvalue weighted by molar-refractivity contribution is 0.212. The third kappa shape index (κ3) is 3.74. The monoisotopic (exact) mass is 185 g/mol. The molecule has 13 heavy (non-hydrogen) atoms. The molecule has 0 atom stereocenters. The predicted octanol–water partition coefficient (Wildman–Crippen LogP) is 0.256. The highest BCUT2D eigenvalue weighted by Crippen LogP contribution is 2.05. The summed E-state index contributed by atoms with van der Waals surface area (Å²) in [7, 11) is 5.80. The molecular formula is C9H19N3O. The summed E-state index contributed by atoms with van der Waals surface area (Å²) in [6.45, 7) is 4.33. The van der Waals surface area contributed by atoms with Gasteiger partial charge in [0, 0.05) is 32.6 Å². The minimum absolute atomic E-state index is 0.974. The van der Waals surface area contributed by atoms with E-state index in [1.807, 2.05) is 0 Å². The fourth-order valence-corrected chi connectivity index (χ4v) is 1.44. The number of rotatable bonds is 4. The number of hydrogen-bond donors (Lipinski definition) is 0. The maximum Gasteiger partial charge on any atom is 0.106 e. The zero-order valence-corrected chi connectivity index (χ0v) is 8.79. The Morgan fingerprint density at radius 1 is 1.54 bits per heavy atom. The molecule has 1 rings (SSSR count). The fourth-order valence-electron chi connectivity index (χ4n) is 1.44. The first-order valence-electron chi connectivity index (χ1n) is 4.68. The minimum Gasteiger partial charge on any atom is -0.399 e. The molecule has 1 fully saturated rings. The van der Waals surface area contributed by atoms with Crippen LogP contribution in [0.1, 0.15) is 6.42 Å². The highest BCUT2D eigenvalue weighted by molar-refractivity contribution is 5.87. The highest BCUT2D eigenvalue weighted by Gasteiger charge is 2.17. The van der Waals surface area contributed by atoms with Gasteiger partial charge in [0.05, 0.1) is 5.71 Å². The van der Waals surface area contributed by atoms with Crippen molar-refractivity contribution in [1.29, 1.82) is 0 Å². The van der Waals surface area contributed by atoms with Crippen molar-refractivity contribution in [2.75, 3.05) is 47.4 Å². The first-order chi connectivity index (χ1) is 6.22. The minimum atomic E-state index is 0.974. The van der Waals surface area contributed by atoms with Gasteiger partial charge in [0.1, 0.15) is 7.11 Å². The van der Waals surface area contributed by atoms with E-state index in [0.717, 1.165) is 32.6 Å². The van der Waals surface area contributed by atoms with Crippen molar-refractivity contribution in [1.82, 2.24) is 9.80 Å². The maximum atomic E-state index is 4.75. The van der Waals surface area contributed by atoms with Gasteiger partial charge in [0.25, 0.3) is 0 Å². The second-order valence-electron chi connectivity index (χ2n) is 3.67. The van der Waals surface area contributed by atoms with Crippen molar-refractivity contribution in [2.24, 2.45) is 5.16 Å². The summed E-state index contributed by atoms with van der Waals surface area (Å²) in [5.74, 6) is 0. The van der Waals surface area contributed by atoms with E-state index in [1.54, 1.807) is 7.11 Å². The van der Waals surface area contributed by atoms with Gasteiger partial charge < -0.3 is 9.74 Å². The molecule has 0 bridgehead atoms. The Kier molecular flexibility index (Phi) is 4.18. The molecule has 0 unspecified atom stereocenters. The van der Waals surface area contributed by atoms with Crippen molar-refractivity contribution in [2.45, 2.75) is 6.42 Å². The largest absolute Gasteiger partial charge is 0.399 e. The van der Waals surface area contributed by atoms with E-state index in [1.165, 1.54) is 5.71 Å². The van der Waals surface area contributed by atoms with Gasteiger partial charge in [-0.3, -0.25) is 4.90 Å². The van der Waals surface area contributed by atoms with Crippen molar-refractivity contribution >= 4 is 5.71 Å². The lowest BCUT2D eigenvalue weighted by Gasteiger charge is -2.16. The summed E-state index contributed by atoms with van der Waals surface area (Å²) >= 11 is 0. The Balaban J connectivity index is 2.21. The van der Waals surface area contributed by atoms with Crippen molar-refractivity contribution in [3.8, 4) is 0 Å². The molecule has 4 nitrogen and oxygen atoms in total. The molecule has 1 saturated heterocycles. The molecular weight excluding hydrogens is 166 g/mol. The van der Waals surface area contributed by atoms with Crippen LogP contribution in [-0.2, 0) is 4.84 Å². The second kappa shape index (κ2) is 5.19. The van der Waals surface area contributed by atoms with Gasteiger partial charge in [0.2, 0.25) is 0 Å². The number of nitrogens with zero attached hydrogens (tertiary/aromatic N) is 3. The standard InChI is InChI=1S/C9H19N3O/c1-11(2)6-7-12-5-4-9(8-12)10-13-3/h4-8H2,1-3H3. The quantitative estimate of drug-likeness (QED) is 0.588. The summed E-state index contributed by atoms with van der Waals surface area (Å²) in [6.07, 6.45) is 1.06. The first kappa shape index (κ1) is 10.5. The molecule has 0 spiro atoms. The Morgan fingerprint density at radius 3 is 2.92 bits per heavy atom. The lowest BCUT2D eigenvalue weighted by Crippen LogP contribution is -2.30. The number of likely N-dealkylation sites (tertiary alicyclic amines) is 1. The predicted molar refractivity (Wildman–Crippen MR) is 54.1 cm³/mol. The summed E-state index contributed by atoms with van der Waals surface area (Å²) in [5.41, 5.74) is 1.17. The van der Waals surface area contributed by atoms with E-state index in [-0.39, 0.29) is 0 Å². The van der Waals surface area contributed by atoms with Crippen LogP contribution in [0, 0.1) is 0 Å². The van der Waals surface area contributed by atoms with Gasteiger partial charge >= 0.3 is 0 Å². The molecule has 0 aromatic carbocycles. The normalized spacial score (nSPS) is 21.7. The zero-order valence-electron chi connectivity index (χ0n) is 8.79. The number of oxime groups is 1. The molecule has 0 aromatic rings. The Labute approximate surface area is 80.1 Å². The molecule has 0 radical (unpaired) electrons. The van der Waals surface area contributed by atoms with Crippen LogP contribution in [0.2, 0.25) is 0 Å². The van der Waals surface area contributed by atoms with Crippen LogP contribution < -0.4 is 0 Å².